The number of aryl methyl sites for hydroxylation is 1. The summed E-state index contributed by atoms with van der Waals surface area (Å²) >= 11 is 0. The smallest absolute Gasteiger partial charge is 0.331 e. The molecule has 2 N–H and O–H groups in total. The van der Waals surface area contributed by atoms with Crippen molar-refractivity contribution < 1.29 is 4.74 Å². The SMILES string of the molecule is COc1cc(N)ccc1Cn1c(=O)ccn(C)c1=O. The van der Waals surface area contributed by atoms with Gasteiger partial charge in [-0.1, -0.05) is 6.07 Å². The summed E-state index contributed by atoms with van der Waals surface area (Å²) in [5.74, 6) is 0.554. The van der Waals surface area contributed by atoms with E-state index in [0.717, 1.165) is 10.1 Å². The zero-order valence-corrected chi connectivity index (χ0v) is 10.8. The van der Waals surface area contributed by atoms with Crippen LogP contribution in [0.3, 0.4) is 0 Å². The number of hydrogen-bond acceptors (Lipinski definition) is 4. The average molecular weight is 261 g/mol. The zero-order chi connectivity index (χ0) is 14.0. The number of rotatable bonds is 3. The Morgan fingerprint density at radius 3 is 2.68 bits per heavy atom. The second-order valence-electron chi connectivity index (χ2n) is 4.20. The van der Waals surface area contributed by atoms with E-state index in [1.165, 1.54) is 23.9 Å². The molecule has 0 atom stereocenters. The lowest BCUT2D eigenvalue weighted by Crippen LogP contribution is -2.38. The Bertz CT molecular complexity index is 716. The third-order valence-corrected chi connectivity index (χ3v) is 2.88. The molecule has 100 valence electrons. The minimum absolute atomic E-state index is 0.149. The molecule has 0 saturated heterocycles. The van der Waals surface area contributed by atoms with Crippen molar-refractivity contribution in [3.8, 4) is 5.75 Å². The first-order valence-electron chi connectivity index (χ1n) is 5.72. The third-order valence-electron chi connectivity index (χ3n) is 2.88. The van der Waals surface area contributed by atoms with Gasteiger partial charge in [-0.2, -0.15) is 0 Å². The Morgan fingerprint density at radius 2 is 2.00 bits per heavy atom. The highest BCUT2D eigenvalue weighted by molar-refractivity contribution is 5.48. The van der Waals surface area contributed by atoms with E-state index in [1.54, 1.807) is 25.2 Å². The molecule has 1 aromatic carbocycles. The molecular formula is C13H15N3O3. The monoisotopic (exact) mass is 261 g/mol. The summed E-state index contributed by atoms with van der Waals surface area (Å²) in [6.07, 6.45) is 1.45. The molecule has 0 saturated carbocycles. The second-order valence-corrected chi connectivity index (χ2v) is 4.20. The highest BCUT2D eigenvalue weighted by Gasteiger charge is 2.08. The molecule has 0 aliphatic rings. The van der Waals surface area contributed by atoms with Crippen molar-refractivity contribution in [3.63, 3.8) is 0 Å². The predicted octanol–water partition coefficient (Wildman–Crippen LogP) is 0.186. The van der Waals surface area contributed by atoms with Crippen molar-refractivity contribution in [2.24, 2.45) is 7.05 Å². The Morgan fingerprint density at radius 1 is 1.26 bits per heavy atom. The zero-order valence-electron chi connectivity index (χ0n) is 10.8. The van der Waals surface area contributed by atoms with Gasteiger partial charge in [0.25, 0.3) is 5.56 Å². The van der Waals surface area contributed by atoms with E-state index in [0.29, 0.717) is 11.4 Å². The number of ether oxygens (including phenoxy) is 1. The lowest BCUT2D eigenvalue weighted by atomic mass is 10.2. The number of nitrogens with two attached hydrogens (primary N) is 1. The van der Waals surface area contributed by atoms with E-state index in [4.69, 9.17) is 10.5 Å². The van der Waals surface area contributed by atoms with Gasteiger partial charge in [-0.25, -0.2) is 4.79 Å². The van der Waals surface area contributed by atoms with Crippen LogP contribution in [0.2, 0.25) is 0 Å². The van der Waals surface area contributed by atoms with Crippen molar-refractivity contribution in [3.05, 3.63) is 56.9 Å². The van der Waals surface area contributed by atoms with Crippen LogP contribution in [-0.4, -0.2) is 16.2 Å². The molecule has 0 bridgehead atoms. The van der Waals surface area contributed by atoms with Crippen LogP contribution < -0.4 is 21.7 Å². The van der Waals surface area contributed by atoms with E-state index >= 15 is 0 Å². The maximum absolute atomic E-state index is 11.9. The molecule has 6 heteroatoms. The van der Waals surface area contributed by atoms with Gasteiger partial charge in [0.1, 0.15) is 5.75 Å². The molecule has 19 heavy (non-hydrogen) atoms. The van der Waals surface area contributed by atoms with Crippen LogP contribution in [0.15, 0.2) is 40.1 Å². The van der Waals surface area contributed by atoms with E-state index < -0.39 is 0 Å². The molecule has 1 aromatic heterocycles. The molecule has 2 rings (SSSR count). The molecular weight excluding hydrogens is 246 g/mol. The van der Waals surface area contributed by atoms with Gasteiger partial charge in [0.15, 0.2) is 0 Å². The van der Waals surface area contributed by atoms with Gasteiger partial charge in [-0.05, 0) is 6.07 Å². The van der Waals surface area contributed by atoms with Gasteiger partial charge in [-0.15, -0.1) is 0 Å². The number of hydrogen-bond donors (Lipinski definition) is 1. The Balaban J connectivity index is 2.51. The molecule has 0 aliphatic heterocycles. The van der Waals surface area contributed by atoms with E-state index in [2.05, 4.69) is 0 Å². The fraction of sp³-hybridized carbons (Fsp3) is 0.231. The van der Waals surface area contributed by atoms with Crippen LogP contribution in [-0.2, 0) is 13.6 Å². The van der Waals surface area contributed by atoms with Crippen molar-refractivity contribution in [2.75, 3.05) is 12.8 Å². The van der Waals surface area contributed by atoms with Gasteiger partial charge in [0.2, 0.25) is 0 Å². The number of benzene rings is 1. The summed E-state index contributed by atoms with van der Waals surface area (Å²) in [4.78, 5) is 23.7. The number of aromatic nitrogens is 2. The predicted molar refractivity (Wildman–Crippen MR) is 72.5 cm³/mol. The summed E-state index contributed by atoms with van der Waals surface area (Å²) in [5, 5.41) is 0. The standard InChI is InChI=1S/C13H15N3O3/c1-15-6-5-12(17)16(13(15)18)8-9-3-4-10(14)7-11(9)19-2/h3-7H,8,14H2,1-2H3. The average Bonchev–Trinajstić information content (AvgIpc) is 2.40. The molecule has 0 aliphatic carbocycles. The van der Waals surface area contributed by atoms with Crippen LogP contribution in [0.5, 0.6) is 5.75 Å². The van der Waals surface area contributed by atoms with Crippen molar-refractivity contribution in [2.45, 2.75) is 6.54 Å². The fourth-order valence-corrected chi connectivity index (χ4v) is 1.82. The van der Waals surface area contributed by atoms with Crippen molar-refractivity contribution in [1.82, 2.24) is 9.13 Å². The number of nitrogen functional groups attached to an aromatic ring is 1. The molecule has 1 heterocycles. The van der Waals surface area contributed by atoms with Crippen LogP contribution in [0.1, 0.15) is 5.56 Å². The molecule has 0 amide bonds. The molecule has 2 aromatic rings. The number of nitrogens with zero attached hydrogens (tertiary/aromatic N) is 2. The minimum Gasteiger partial charge on any atom is -0.496 e. The lowest BCUT2D eigenvalue weighted by Gasteiger charge is -2.11. The normalized spacial score (nSPS) is 10.4. The number of anilines is 1. The van der Waals surface area contributed by atoms with Crippen LogP contribution in [0.4, 0.5) is 5.69 Å². The number of methoxy groups -OCH3 is 1. The quantitative estimate of drug-likeness (QED) is 0.800. The molecule has 0 fully saturated rings. The van der Waals surface area contributed by atoms with Crippen LogP contribution >= 0.6 is 0 Å². The van der Waals surface area contributed by atoms with Crippen molar-refractivity contribution >= 4 is 5.69 Å². The van der Waals surface area contributed by atoms with Gasteiger partial charge in [0, 0.05) is 36.6 Å². The van der Waals surface area contributed by atoms with Gasteiger partial charge < -0.3 is 15.0 Å². The minimum atomic E-state index is -0.369. The maximum atomic E-state index is 11.9. The van der Waals surface area contributed by atoms with Gasteiger partial charge in [-0.3, -0.25) is 9.36 Å². The highest BCUT2D eigenvalue weighted by atomic mass is 16.5. The Labute approximate surface area is 109 Å². The molecule has 0 spiro atoms. The van der Waals surface area contributed by atoms with Gasteiger partial charge >= 0.3 is 5.69 Å². The van der Waals surface area contributed by atoms with E-state index in [9.17, 15) is 9.59 Å². The molecule has 0 radical (unpaired) electrons. The Hall–Kier alpha value is -2.50. The summed E-state index contributed by atoms with van der Waals surface area (Å²) in [5.41, 5.74) is 6.24. The largest absolute Gasteiger partial charge is 0.496 e. The van der Waals surface area contributed by atoms with Crippen LogP contribution in [0, 0.1) is 0 Å². The summed E-state index contributed by atoms with van der Waals surface area (Å²) in [6.45, 7) is 0.149. The highest BCUT2D eigenvalue weighted by Crippen LogP contribution is 2.21. The van der Waals surface area contributed by atoms with E-state index in [1.807, 2.05) is 0 Å². The third kappa shape index (κ3) is 2.52. The summed E-state index contributed by atoms with van der Waals surface area (Å²) < 4.78 is 7.70. The van der Waals surface area contributed by atoms with Gasteiger partial charge in [0.05, 0.1) is 13.7 Å². The lowest BCUT2D eigenvalue weighted by molar-refractivity contribution is 0.407. The summed E-state index contributed by atoms with van der Waals surface area (Å²) in [7, 11) is 3.11. The van der Waals surface area contributed by atoms with Crippen LogP contribution in [0.25, 0.3) is 0 Å². The first kappa shape index (κ1) is 12.9. The second kappa shape index (κ2) is 5.01. The first-order valence-corrected chi connectivity index (χ1v) is 5.72. The van der Waals surface area contributed by atoms with E-state index in [-0.39, 0.29) is 17.8 Å². The maximum Gasteiger partial charge on any atom is 0.331 e. The molecule has 6 nitrogen and oxygen atoms in total. The topological polar surface area (TPSA) is 79.2 Å². The first-order chi connectivity index (χ1) is 9.02. The molecule has 0 unspecified atom stereocenters. The summed E-state index contributed by atoms with van der Waals surface area (Å²) in [6, 6.07) is 6.46. The fourth-order valence-electron chi connectivity index (χ4n) is 1.82. The Kier molecular flexibility index (Phi) is 3.41. The van der Waals surface area contributed by atoms with Crippen molar-refractivity contribution in [1.29, 1.82) is 0 Å².